The first-order chi connectivity index (χ1) is 18.1. The highest BCUT2D eigenvalue weighted by Gasteiger charge is 2.31. The van der Waals surface area contributed by atoms with Crippen molar-refractivity contribution in [2.75, 3.05) is 10.6 Å². The zero-order chi connectivity index (χ0) is 27.3. The minimum atomic E-state index is -4.77. The number of nitrogens with one attached hydrogen (secondary N) is 3. The molecule has 3 N–H and O–H groups in total. The van der Waals surface area contributed by atoms with Crippen molar-refractivity contribution in [3.8, 4) is 22.8 Å². The molecule has 9 nitrogen and oxygen atoms in total. The fraction of sp³-hybridized carbons (Fsp3) is 0.154. The van der Waals surface area contributed by atoms with Crippen LogP contribution < -0.4 is 20.7 Å². The van der Waals surface area contributed by atoms with Crippen molar-refractivity contribution < 1.29 is 27.5 Å². The molecular formula is C26H23F3N6O3. The number of aromatic nitrogens is 3. The van der Waals surface area contributed by atoms with Crippen LogP contribution >= 0.6 is 0 Å². The molecule has 0 fully saturated rings. The van der Waals surface area contributed by atoms with E-state index in [2.05, 4.69) is 30.8 Å². The number of hydrogen-bond donors (Lipinski definition) is 3. The van der Waals surface area contributed by atoms with E-state index in [-0.39, 0.29) is 11.7 Å². The van der Waals surface area contributed by atoms with Crippen LogP contribution in [0.15, 0.2) is 79.1 Å². The van der Waals surface area contributed by atoms with Gasteiger partial charge in [-0.05, 0) is 66.1 Å². The molecule has 0 spiro atoms. The Morgan fingerprint density at radius 3 is 2.21 bits per heavy atom. The molecule has 3 aromatic carbocycles. The van der Waals surface area contributed by atoms with Crippen LogP contribution in [0.3, 0.4) is 0 Å². The van der Waals surface area contributed by atoms with Crippen molar-refractivity contribution in [2.45, 2.75) is 26.1 Å². The Morgan fingerprint density at radius 1 is 0.895 bits per heavy atom. The third-order valence-electron chi connectivity index (χ3n) is 5.29. The molecule has 0 bridgehead atoms. The molecule has 4 amide bonds. The monoisotopic (exact) mass is 524 g/mol. The maximum Gasteiger partial charge on any atom is 0.573 e. The maximum absolute atomic E-state index is 12.3. The lowest BCUT2D eigenvalue weighted by Gasteiger charge is -2.14. The van der Waals surface area contributed by atoms with Gasteiger partial charge in [0.2, 0.25) is 0 Å². The van der Waals surface area contributed by atoms with Gasteiger partial charge >= 0.3 is 18.4 Å². The summed E-state index contributed by atoms with van der Waals surface area (Å²) < 4.78 is 42.3. The van der Waals surface area contributed by atoms with Crippen molar-refractivity contribution in [1.29, 1.82) is 0 Å². The Morgan fingerprint density at radius 2 is 1.55 bits per heavy atom. The first-order valence-electron chi connectivity index (χ1n) is 11.4. The van der Waals surface area contributed by atoms with Gasteiger partial charge in [-0.3, -0.25) is 5.32 Å². The largest absolute Gasteiger partial charge is 0.573 e. The van der Waals surface area contributed by atoms with Crippen molar-refractivity contribution in [1.82, 2.24) is 20.1 Å². The second kappa shape index (κ2) is 11.0. The van der Waals surface area contributed by atoms with E-state index >= 15 is 0 Å². The zero-order valence-electron chi connectivity index (χ0n) is 20.3. The van der Waals surface area contributed by atoms with E-state index in [0.29, 0.717) is 28.5 Å². The molecule has 0 aliphatic carbocycles. The predicted octanol–water partition coefficient (Wildman–Crippen LogP) is 6.31. The lowest BCUT2D eigenvalue weighted by Crippen LogP contribution is -2.37. The summed E-state index contributed by atoms with van der Waals surface area (Å²) in [6, 6.07) is 17.7. The summed E-state index contributed by atoms with van der Waals surface area (Å²) in [7, 11) is 0. The molecular weight excluding hydrogens is 501 g/mol. The van der Waals surface area contributed by atoms with Crippen LogP contribution in [0.4, 0.5) is 34.1 Å². The summed E-state index contributed by atoms with van der Waals surface area (Å²) in [6.07, 6.45) is -3.35. The second-order valence-electron chi connectivity index (χ2n) is 8.41. The lowest BCUT2D eigenvalue weighted by atomic mass is 10.0. The van der Waals surface area contributed by atoms with E-state index in [1.807, 2.05) is 26.0 Å². The third kappa shape index (κ3) is 6.87. The first-order valence-corrected chi connectivity index (χ1v) is 11.4. The van der Waals surface area contributed by atoms with Crippen molar-refractivity contribution in [3.05, 3.63) is 84.7 Å². The van der Waals surface area contributed by atoms with Crippen LogP contribution in [0.5, 0.6) is 5.75 Å². The molecule has 0 saturated carbocycles. The standard InChI is InChI=1S/C26H23F3N6O3/c1-16(2)21-5-3-4-6-22(21)32-25(37)33-24(36)31-18-9-7-17(8-10-18)23-30-15-35(34-23)19-11-13-20(14-12-19)38-26(27,28)29/h3-16H,1-2H3,(H3,31,32,33,36,37). The summed E-state index contributed by atoms with van der Waals surface area (Å²) in [4.78, 5) is 28.8. The van der Waals surface area contributed by atoms with Gasteiger partial charge in [-0.15, -0.1) is 18.3 Å². The Kier molecular flexibility index (Phi) is 7.61. The maximum atomic E-state index is 12.3. The number of amides is 4. The smallest absolute Gasteiger partial charge is 0.406 e. The van der Waals surface area contributed by atoms with E-state index in [0.717, 1.165) is 5.56 Å². The minimum Gasteiger partial charge on any atom is -0.406 e. The number of carbonyl (C=O) groups is 2. The van der Waals surface area contributed by atoms with Crippen molar-refractivity contribution in [3.63, 3.8) is 0 Å². The van der Waals surface area contributed by atoms with E-state index in [1.54, 1.807) is 36.4 Å². The molecule has 0 aliphatic rings. The molecule has 0 atom stereocenters. The number of halogens is 3. The average molecular weight is 525 g/mol. The second-order valence-corrected chi connectivity index (χ2v) is 8.41. The molecule has 0 aliphatic heterocycles. The van der Waals surface area contributed by atoms with E-state index in [1.165, 1.54) is 35.3 Å². The predicted molar refractivity (Wildman–Crippen MR) is 135 cm³/mol. The summed E-state index contributed by atoms with van der Waals surface area (Å²) in [5.41, 5.74) is 3.12. The van der Waals surface area contributed by atoms with Crippen LogP contribution in [-0.2, 0) is 0 Å². The summed E-state index contributed by atoms with van der Waals surface area (Å²) in [5.74, 6) is 0.213. The van der Waals surface area contributed by atoms with E-state index in [9.17, 15) is 22.8 Å². The van der Waals surface area contributed by atoms with E-state index in [4.69, 9.17) is 0 Å². The number of nitrogens with zero attached hydrogens (tertiary/aromatic N) is 3. The van der Waals surface area contributed by atoms with Crippen LogP contribution in [0.25, 0.3) is 17.1 Å². The molecule has 4 aromatic rings. The van der Waals surface area contributed by atoms with Gasteiger partial charge in [-0.1, -0.05) is 32.0 Å². The fourth-order valence-electron chi connectivity index (χ4n) is 3.56. The van der Waals surface area contributed by atoms with E-state index < -0.39 is 18.4 Å². The number of rotatable bonds is 6. The van der Waals surface area contributed by atoms with Crippen LogP contribution in [-0.4, -0.2) is 33.2 Å². The fourth-order valence-corrected chi connectivity index (χ4v) is 3.56. The van der Waals surface area contributed by atoms with Crippen LogP contribution in [0.1, 0.15) is 25.3 Å². The molecule has 196 valence electrons. The molecule has 4 rings (SSSR count). The van der Waals surface area contributed by atoms with Crippen LogP contribution in [0.2, 0.25) is 0 Å². The van der Waals surface area contributed by atoms with Gasteiger partial charge in [-0.2, -0.15) is 0 Å². The molecule has 0 radical (unpaired) electrons. The number of ether oxygens (including phenoxy) is 1. The molecule has 12 heteroatoms. The van der Waals surface area contributed by atoms with Gasteiger partial charge in [0.1, 0.15) is 12.1 Å². The normalized spacial score (nSPS) is 11.2. The lowest BCUT2D eigenvalue weighted by molar-refractivity contribution is -0.274. The quantitative estimate of drug-likeness (QED) is 0.274. The Balaban J connectivity index is 1.34. The number of anilines is 2. The number of carbonyl (C=O) groups excluding carboxylic acids is 2. The molecule has 0 unspecified atom stereocenters. The highest BCUT2D eigenvalue weighted by atomic mass is 19.4. The van der Waals surface area contributed by atoms with Crippen LogP contribution in [0, 0.1) is 0 Å². The molecule has 38 heavy (non-hydrogen) atoms. The van der Waals surface area contributed by atoms with Gasteiger partial charge in [0.25, 0.3) is 0 Å². The Hall–Kier alpha value is -4.87. The summed E-state index contributed by atoms with van der Waals surface area (Å²) in [6.45, 7) is 4.01. The summed E-state index contributed by atoms with van der Waals surface area (Å²) in [5, 5.41) is 11.8. The van der Waals surface area contributed by atoms with Gasteiger partial charge in [0, 0.05) is 16.9 Å². The Bertz CT molecular complexity index is 1420. The number of urea groups is 2. The number of imide groups is 1. The van der Waals surface area contributed by atoms with Crippen molar-refractivity contribution in [2.24, 2.45) is 0 Å². The van der Waals surface area contributed by atoms with Gasteiger partial charge < -0.3 is 15.4 Å². The number of hydrogen-bond acceptors (Lipinski definition) is 5. The highest BCUT2D eigenvalue weighted by Crippen LogP contribution is 2.25. The minimum absolute atomic E-state index is 0.193. The summed E-state index contributed by atoms with van der Waals surface area (Å²) >= 11 is 0. The van der Waals surface area contributed by atoms with Crippen molar-refractivity contribution >= 4 is 23.4 Å². The van der Waals surface area contributed by atoms with Gasteiger partial charge in [0.05, 0.1) is 5.69 Å². The topological polar surface area (TPSA) is 110 Å². The third-order valence-corrected chi connectivity index (χ3v) is 5.29. The molecule has 0 saturated heterocycles. The molecule has 1 aromatic heterocycles. The zero-order valence-corrected chi connectivity index (χ0v) is 20.3. The SMILES string of the molecule is CC(C)c1ccccc1NC(=O)NC(=O)Nc1ccc(-c2ncn(-c3ccc(OC(F)(F)F)cc3)n2)cc1. The average Bonchev–Trinajstić information content (AvgIpc) is 3.34. The van der Waals surface area contributed by atoms with Gasteiger partial charge in [0.15, 0.2) is 5.82 Å². The van der Waals surface area contributed by atoms with Gasteiger partial charge in [-0.25, -0.2) is 19.3 Å². The number of alkyl halides is 3. The highest BCUT2D eigenvalue weighted by molar-refractivity contribution is 6.05. The first kappa shape index (κ1) is 26.2. The molecule has 1 heterocycles. The Labute approximate surface area is 215 Å². The number of benzene rings is 3. The number of para-hydroxylation sites is 1.